The number of benzene rings is 1. The number of rotatable bonds is 6. The Labute approximate surface area is 196 Å². The molecule has 2 fully saturated rings. The molecule has 8 heteroatoms. The molecule has 1 aromatic carbocycles. The maximum absolute atomic E-state index is 5.67. The third kappa shape index (κ3) is 5.70. The maximum atomic E-state index is 5.67. The van der Waals surface area contributed by atoms with Gasteiger partial charge >= 0.3 is 0 Å². The quantitative estimate of drug-likeness (QED) is 0.335. The van der Waals surface area contributed by atoms with E-state index >= 15 is 0 Å². The molecule has 3 aliphatic rings. The van der Waals surface area contributed by atoms with Gasteiger partial charge in [-0.05, 0) is 56.5 Å². The van der Waals surface area contributed by atoms with E-state index in [9.17, 15) is 0 Å². The van der Waals surface area contributed by atoms with Gasteiger partial charge in [-0.25, -0.2) is 0 Å². The summed E-state index contributed by atoms with van der Waals surface area (Å²) in [4.78, 5) is 6.98. The van der Waals surface area contributed by atoms with Crippen molar-refractivity contribution < 1.29 is 14.2 Å². The van der Waals surface area contributed by atoms with Crippen molar-refractivity contribution in [3.63, 3.8) is 0 Å². The third-order valence-electron chi connectivity index (χ3n) is 6.42. The van der Waals surface area contributed by atoms with Crippen LogP contribution in [0, 0.1) is 0 Å². The molecule has 7 nitrogen and oxygen atoms in total. The van der Waals surface area contributed by atoms with E-state index < -0.39 is 0 Å². The van der Waals surface area contributed by atoms with Gasteiger partial charge in [0, 0.05) is 45.3 Å². The lowest BCUT2D eigenvalue weighted by molar-refractivity contribution is 0.0513. The number of aliphatic imine (C=N–C) groups is 1. The van der Waals surface area contributed by atoms with E-state index in [0.717, 1.165) is 63.1 Å². The highest BCUT2D eigenvalue weighted by atomic mass is 127. The first kappa shape index (κ1) is 23.4. The monoisotopic (exact) mass is 530 g/mol. The van der Waals surface area contributed by atoms with E-state index in [1.54, 1.807) is 0 Å². The molecule has 3 aliphatic heterocycles. The van der Waals surface area contributed by atoms with Gasteiger partial charge in [0.25, 0.3) is 0 Å². The summed E-state index contributed by atoms with van der Waals surface area (Å²) >= 11 is 0. The fourth-order valence-corrected chi connectivity index (χ4v) is 4.55. The number of nitrogens with one attached hydrogen (secondary N) is 2. The molecule has 0 amide bonds. The second-order valence-corrected chi connectivity index (χ2v) is 8.22. The highest BCUT2D eigenvalue weighted by Gasteiger charge is 2.35. The van der Waals surface area contributed by atoms with Crippen molar-refractivity contribution in [2.24, 2.45) is 4.99 Å². The van der Waals surface area contributed by atoms with Crippen LogP contribution < -0.4 is 20.1 Å². The Morgan fingerprint density at radius 3 is 2.60 bits per heavy atom. The Kier molecular flexibility index (Phi) is 8.88. The number of piperidine rings is 1. The Morgan fingerprint density at radius 2 is 1.83 bits per heavy atom. The van der Waals surface area contributed by atoms with E-state index in [2.05, 4.69) is 32.7 Å². The molecule has 30 heavy (non-hydrogen) atoms. The number of guanidine groups is 1. The van der Waals surface area contributed by atoms with Crippen LogP contribution in [0.2, 0.25) is 0 Å². The number of fused-ring (bicyclic) bond motifs is 1. The predicted molar refractivity (Wildman–Crippen MR) is 129 cm³/mol. The molecule has 0 aliphatic carbocycles. The van der Waals surface area contributed by atoms with Gasteiger partial charge in [0.15, 0.2) is 17.5 Å². The predicted octanol–water partition coefficient (Wildman–Crippen LogP) is 2.73. The molecule has 0 saturated carbocycles. The van der Waals surface area contributed by atoms with Gasteiger partial charge in [0.05, 0.1) is 0 Å². The van der Waals surface area contributed by atoms with Crippen molar-refractivity contribution >= 4 is 29.9 Å². The van der Waals surface area contributed by atoms with Crippen LogP contribution in [0.4, 0.5) is 0 Å². The smallest absolute Gasteiger partial charge is 0.231 e. The van der Waals surface area contributed by atoms with Gasteiger partial charge in [-0.3, -0.25) is 4.99 Å². The average Bonchev–Trinajstić information content (AvgIpc) is 3.25. The second-order valence-electron chi connectivity index (χ2n) is 8.22. The summed E-state index contributed by atoms with van der Waals surface area (Å²) in [6.07, 6.45) is 5.98. The summed E-state index contributed by atoms with van der Waals surface area (Å²) in [6, 6.07) is 6.34. The Morgan fingerprint density at radius 1 is 1.07 bits per heavy atom. The number of hydrogen-bond donors (Lipinski definition) is 2. The van der Waals surface area contributed by atoms with Crippen LogP contribution in [0.1, 0.15) is 37.7 Å². The largest absolute Gasteiger partial charge is 0.454 e. The summed E-state index contributed by atoms with van der Waals surface area (Å²) < 4.78 is 16.8. The molecule has 168 valence electrons. The lowest BCUT2D eigenvalue weighted by Gasteiger charge is -2.38. The fraction of sp³-hybridized carbons (Fsp3) is 0.682. The number of likely N-dealkylation sites (tertiary alicyclic amines) is 1. The first-order valence-corrected chi connectivity index (χ1v) is 10.9. The van der Waals surface area contributed by atoms with Crippen molar-refractivity contribution in [1.29, 1.82) is 0 Å². The molecule has 0 atom stereocenters. The van der Waals surface area contributed by atoms with Crippen molar-refractivity contribution in [3.05, 3.63) is 23.8 Å². The Balaban J connectivity index is 0.00000256. The van der Waals surface area contributed by atoms with Gasteiger partial charge in [0.1, 0.15) is 0 Å². The number of nitrogens with zero attached hydrogens (tertiary/aromatic N) is 2. The Hall–Kier alpha value is -1.26. The van der Waals surface area contributed by atoms with Gasteiger partial charge in [0.2, 0.25) is 6.79 Å². The molecule has 2 saturated heterocycles. The van der Waals surface area contributed by atoms with Gasteiger partial charge < -0.3 is 29.7 Å². The van der Waals surface area contributed by atoms with Crippen molar-refractivity contribution in [2.45, 2.75) is 37.5 Å². The number of hydrogen-bond acceptors (Lipinski definition) is 5. The first-order chi connectivity index (χ1) is 14.3. The van der Waals surface area contributed by atoms with E-state index in [1.165, 1.54) is 37.9 Å². The highest BCUT2D eigenvalue weighted by molar-refractivity contribution is 14.0. The summed E-state index contributed by atoms with van der Waals surface area (Å²) in [6.45, 7) is 7.11. The molecule has 0 radical (unpaired) electrons. The molecule has 0 aromatic heterocycles. The van der Waals surface area contributed by atoms with Crippen molar-refractivity contribution in [2.75, 3.05) is 59.8 Å². The summed E-state index contributed by atoms with van der Waals surface area (Å²) in [5.41, 5.74) is 1.28. The molecule has 0 spiro atoms. The van der Waals surface area contributed by atoms with Crippen LogP contribution >= 0.6 is 24.0 Å². The van der Waals surface area contributed by atoms with Crippen LogP contribution in [0.15, 0.2) is 23.2 Å². The zero-order chi connectivity index (χ0) is 19.9. The van der Waals surface area contributed by atoms with E-state index in [-0.39, 0.29) is 29.4 Å². The third-order valence-corrected chi connectivity index (χ3v) is 6.42. The van der Waals surface area contributed by atoms with Crippen LogP contribution in [-0.4, -0.2) is 70.6 Å². The zero-order valence-corrected chi connectivity index (χ0v) is 20.3. The highest BCUT2D eigenvalue weighted by Crippen LogP contribution is 2.40. The van der Waals surface area contributed by atoms with Crippen LogP contribution in [0.25, 0.3) is 0 Å². The second kappa shape index (κ2) is 11.4. The lowest BCUT2D eigenvalue weighted by atomic mass is 9.74. The first-order valence-electron chi connectivity index (χ1n) is 10.9. The molecular weight excluding hydrogens is 495 g/mol. The standard InChI is InChI=1S/C22H34N4O3.HI/c1-23-21(24-9-12-26-10-3-2-4-11-26)25-16-22(7-13-27-14-8-22)18-5-6-19-20(15-18)29-17-28-19;/h5-6,15H,2-4,7-14,16-17H2,1H3,(H2,23,24,25);1H. The van der Waals surface area contributed by atoms with Crippen LogP contribution in [0.5, 0.6) is 11.5 Å². The number of halogens is 1. The lowest BCUT2D eigenvalue weighted by Crippen LogP contribution is -2.49. The van der Waals surface area contributed by atoms with E-state index in [0.29, 0.717) is 6.79 Å². The molecule has 2 N–H and O–H groups in total. The maximum Gasteiger partial charge on any atom is 0.231 e. The molecule has 1 aromatic rings. The fourth-order valence-electron chi connectivity index (χ4n) is 4.55. The van der Waals surface area contributed by atoms with E-state index in [4.69, 9.17) is 14.2 Å². The van der Waals surface area contributed by atoms with Crippen LogP contribution in [0.3, 0.4) is 0 Å². The van der Waals surface area contributed by atoms with Gasteiger partial charge in [-0.15, -0.1) is 24.0 Å². The van der Waals surface area contributed by atoms with E-state index in [1.807, 2.05) is 13.1 Å². The van der Waals surface area contributed by atoms with Crippen molar-refractivity contribution in [3.8, 4) is 11.5 Å². The summed E-state index contributed by atoms with van der Waals surface area (Å²) in [7, 11) is 1.84. The minimum atomic E-state index is 0. The SMILES string of the molecule is CN=C(NCCN1CCCCC1)NCC1(c2ccc3c(c2)OCO3)CCOCC1.I. The average molecular weight is 530 g/mol. The topological polar surface area (TPSA) is 67.4 Å². The minimum absolute atomic E-state index is 0. The molecule has 0 unspecified atom stereocenters. The molecule has 0 bridgehead atoms. The van der Waals surface area contributed by atoms with Gasteiger partial charge in [-0.1, -0.05) is 12.5 Å². The summed E-state index contributed by atoms with van der Waals surface area (Å²) in [5, 5.41) is 7.06. The van der Waals surface area contributed by atoms with Gasteiger partial charge in [-0.2, -0.15) is 0 Å². The zero-order valence-electron chi connectivity index (χ0n) is 18.0. The van der Waals surface area contributed by atoms with Crippen LogP contribution in [-0.2, 0) is 10.2 Å². The summed E-state index contributed by atoms with van der Waals surface area (Å²) in [5.74, 6) is 2.55. The molecule has 4 rings (SSSR count). The minimum Gasteiger partial charge on any atom is -0.454 e. The normalized spacial score (nSPS) is 21.0. The Bertz CT molecular complexity index is 704. The number of ether oxygens (including phenoxy) is 3. The molecular formula is C22H35IN4O3. The van der Waals surface area contributed by atoms with Crippen molar-refractivity contribution in [1.82, 2.24) is 15.5 Å². The molecule has 3 heterocycles.